The molecule has 0 aliphatic rings. The Bertz CT molecular complexity index is 557. The minimum Gasteiger partial charge on any atom is -0.492 e. The highest BCUT2D eigenvalue weighted by molar-refractivity contribution is 9.10. The van der Waals surface area contributed by atoms with E-state index in [0.29, 0.717) is 11.6 Å². The number of hydrogen-bond donors (Lipinski definition) is 1. The molecule has 4 heteroatoms. The molecule has 2 aromatic carbocycles. The molecule has 0 spiro atoms. The van der Waals surface area contributed by atoms with Crippen LogP contribution >= 0.6 is 27.5 Å². The van der Waals surface area contributed by atoms with Crippen LogP contribution in [0.4, 0.5) is 5.69 Å². The number of rotatable bonds is 6. The van der Waals surface area contributed by atoms with Gasteiger partial charge in [-0.2, -0.15) is 0 Å². The molecule has 0 radical (unpaired) electrons. The molecular weight excluding hydrogens is 338 g/mol. The van der Waals surface area contributed by atoms with Gasteiger partial charge in [0.25, 0.3) is 0 Å². The first-order valence-electron chi connectivity index (χ1n) is 6.59. The predicted octanol–water partition coefficient (Wildman–Crippen LogP) is 5.50. The summed E-state index contributed by atoms with van der Waals surface area (Å²) in [5.41, 5.74) is 2.21. The Morgan fingerprint density at radius 2 is 1.90 bits per heavy atom. The average molecular weight is 355 g/mol. The van der Waals surface area contributed by atoms with Crippen molar-refractivity contribution in [3.8, 4) is 5.75 Å². The Morgan fingerprint density at radius 1 is 1.15 bits per heavy atom. The van der Waals surface area contributed by atoms with E-state index >= 15 is 0 Å². The van der Waals surface area contributed by atoms with Crippen LogP contribution in [0.5, 0.6) is 5.75 Å². The van der Waals surface area contributed by atoms with Crippen molar-refractivity contribution in [2.75, 3.05) is 11.9 Å². The Labute approximate surface area is 133 Å². The molecule has 0 fully saturated rings. The molecule has 2 nitrogen and oxygen atoms in total. The van der Waals surface area contributed by atoms with Crippen molar-refractivity contribution < 1.29 is 4.74 Å². The third-order valence-corrected chi connectivity index (χ3v) is 3.63. The summed E-state index contributed by atoms with van der Waals surface area (Å²) < 4.78 is 6.64. The summed E-state index contributed by atoms with van der Waals surface area (Å²) in [4.78, 5) is 0. The van der Waals surface area contributed by atoms with Crippen molar-refractivity contribution in [3.63, 3.8) is 0 Å². The third kappa shape index (κ3) is 4.43. The van der Waals surface area contributed by atoms with Gasteiger partial charge in [0.2, 0.25) is 0 Å². The summed E-state index contributed by atoms with van der Waals surface area (Å²) in [5.74, 6) is 0.739. The smallest absolute Gasteiger partial charge is 0.138 e. The van der Waals surface area contributed by atoms with Gasteiger partial charge in [-0.25, -0.2) is 0 Å². The zero-order valence-corrected chi connectivity index (χ0v) is 13.7. The Hall–Kier alpha value is -1.19. The maximum Gasteiger partial charge on any atom is 0.138 e. The average Bonchev–Trinajstić information content (AvgIpc) is 2.46. The number of ether oxygens (including phenoxy) is 1. The van der Waals surface area contributed by atoms with Gasteiger partial charge >= 0.3 is 0 Å². The second-order valence-electron chi connectivity index (χ2n) is 4.47. The van der Waals surface area contributed by atoms with E-state index in [-0.39, 0.29) is 0 Å². The van der Waals surface area contributed by atoms with Crippen LogP contribution in [0.3, 0.4) is 0 Å². The Morgan fingerprint density at radius 3 is 2.55 bits per heavy atom. The molecule has 2 rings (SSSR count). The van der Waals surface area contributed by atoms with E-state index in [4.69, 9.17) is 16.3 Å². The molecule has 0 amide bonds. The van der Waals surface area contributed by atoms with Crippen LogP contribution in [0.25, 0.3) is 0 Å². The SMILES string of the molecule is CCCOc1ccc(NCc2ccc(Br)cc2)cc1Cl. The number of benzene rings is 2. The highest BCUT2D eigenvalue weighted by Gasteiger charge is 2.03. The third-order valence-electron chi connectivity index (χ3n) is 2.80. The van der Waals surface area contributed by atoms with Crippen molar-refractivity contribution in [3.05, 3.63) is 57.5 Å². The lowest BCUT2D eigenvalue weighted by Crippen LogP contribution is -2.00. The maximum absolute atomic E-state index is 6.20. The van der Waals surface area contributed by atoms with Gasteiger partial charge in [-0.15, -0.1) is 0 Å². The molecule has 106 valence electrons. The minimum atomic E-state index is 0.638. The molecule has 0 saturated heterocycles. The van der Waals surface area contributed by atoms with Crippen molar-refractivity contribution in [1.29, 1.82) is 0 Å². The van der Waals surface area contributed by atoms with Gasteiger partial charge in [-0.3, -0.25) is 0 Å². The Kier molecular flexibility index (Phi) is 5.74. The van der Waals surface area contributed by atoms with E-state index in [1.54, 1.807) is 0 Å². The number of hydrogen-bond acceptors (Lipinski definition) is 2. The number of nitrogens with one attached hydrogen (secondary N) is 1. The van der Waals surface area contributed by atoms with E-state index in [2.05, 4.69) is 40.3 Å². The van der Waals surface area contributed by atoms with E-state index in [1.165, 1.54) is 5.56 Å². The summed E-state index contributed by atoms with van der Waals surface area (Å²) in [6, 6.07) is 14.0. The summed E-state index contributed by atoms with van der Waals surface area (Å²) in [6.07, 6.45) is 0.972. The quantitative estimate of drug-likeness (QED) is 0.739. The monoisotopic (exact) mass is 353 g/mol. The zero-order chi connectivity index (χ0) is 14.4. The van der Waals surface area contributed by atoms with Crippen LogP contribution in [0, 0.1) is 0 Å². The summed E-state index contributed by atoms with van der Waals surface area (Å²) >= 11 is 9.62. The molecule has 0 aromatic heterocycles. The van der Waals surface area contributed by atoms with Crippen molar-refractivity contribution in [1.82, 2.24) is 0 Å². The first-order chi connectivity index (χ1) is 9.69. The molecule has 0 bridgehead atoms. The fraction of sp³-hybridized carbons (Fsp3) is 0.250. The van der Waals surface area contributed by atoms with Gasteiger partial charge in [-0.05, 0) is 42.3 Å². The van der Waals surface area contributed by atoms with Crippen LogP contribution in [0.2, 0.25) is 5.02 Å². The molecule has 20 heavy (non-hydrogen) atoms. The van der Waals surface area contributed by atoms with E-state index in [1.807, 2.05) is 30.3 Å². The Balaban J connectivity index is 1.96. The van der Waals surface area contributed by atoms with Gasteiger partial charge < -0.3 is 10.1 Å². The fourth-order valence-corrected chi connectivity index (χ4v) is 2.25. The molecule has 0 heterocycles. The molecule has 0 saturated carbocycles. The highest BCUT2D eigenvalue weighted by atomic mass is 79.9. The van der Waals surface area contributed by atoms with Gasteiger partial charge in [0.15, 0.2) is 0 Å². The largest absolute Gasteiger partial charge is 0.492 e. The number of anilines is 1. The minimum absolute atomic E-state index is 0.638. The molecule has 1 N–H and O–H groups in total. The second-order valence-corrected chi connectivity index (χ2v) is 5.80. The van der Waals surface area contributed by atoms with Gasteiger partial charge in [0, 0.05) is 16.7 Å². The van der Waals surface area contributed by atoms with E-state index in [9.17, 15) is 0 Å². The van der Waals surface area contributed by atoms with Gasteiger partial charge in [-0.1, -0.05) is 46.6 Å². The lowest BCUT2D eigenvalue weighted by atomic mass is 10.2. The van der Waals surface area contributed by atoms with Crippen LogP contribution in [0.1, 0.15) is 18.9 Å². The lowest BCUT2D eigenvalue weighted by molar-refractivity contribution is 0.317. The topological polar surface area (TPSA) is 21.3 Å². The summed E-state index contributed by atoms with van der Waals surface area (Å²) in [6.45, 7) is 3.52. The standard InChI is InChI=1S/C16H17BrClNO/c1-2-9-20-16-8-7-14(10-15(16)18)19-11-12-3-5-13(17)6-4-12/h3-8,10,19H,2,9,11H2,1H3. The highest BCUT2D eigenvalue weighted by Crippen LogP contribution is 2.28. The van der Waals surface area contributed by atoms with Crippen LogP contribution < -0.4 is 10.1 Å². The molecular formula is C16H17BrClNO. The second kappa shape index (κ2) is 7.55. The maximum atomic E-state index is 6.20. The van der Waals surface area contributed by atoms with Crippen molar-refractivity contribution in [2.24, 2.45) is 0 Å². The van der Waals surface area contributed by atoms with Crippen molar-refractivity contribution >= 4 is 33.2 Å². The molecule has 0 atom stereocenters. The number of halogens is 2. The zero-order valence-electron chi connectivity index (χ0n) is 11.3. The van der Waals surface area contributed by atoms with E-state index in [0.717, 1.165) is 28.9 Å². The lowest BCUT2D eigenvalue weighted by Gasteiger charge is -2.10. The molecule has 0 unspecified atom stereocenters. The first-order valence-corrected chi connectivity index (χ1v) is 7.77. The van der Waals surface area contributed by atoms with Gasteiger partial charge in [0.1, 0.15) is 5.75 Å². The molecule has 2 aromatic rings. The van der Waals surface area contributed by atoms with Crippen molar-refractivity contribution in [2.45, 2.75) is 19.9 Å². The molecule has 0 aliphatic heterocycles. The summed E-state index contributed by atoms with van der Waals surface area (Å²) in [7, 11) is 0. The van der Waals surface area contributed by atoms with Crippen LogP contribution in [0.15, 0.2) is 46.9 Å². The van der Waals surface area contributed by atoms with Crippen LogP contribution in [-0.4, -0.2) is 6.61 Å². The summed E-state index contributed by atoms with van der Waals surface area (Å²) in [5, 5.41) is 3.99. The normalized spacial score (nSPS) is 10.3. The van der Waals surface area contributed by atoms with Crippen LogP contribution in [-0.2, 0) is 6.54 Å². The predicted molar refractivity (Wildman–Crippen MR) is 88.7 cm³/mol. The fourth-order valence-electron chi connectivity index (χ4n) is 1.75. The van der Waals surface area contributed by atoms with E-state index < -0.39 is 0 Å². The van der Waals surface area contributed by atoms with Gasteiger partial charge in [0.05, 0.1) is 11.6 Å². The molecule has 0 aliphatic carbocycles. The first kappa shape index (κ1) is 15.2.